The van der Waals surface area contributed by atoms with E-state index in [4.69, 9.17) is 5.11 Å². The molecular weight excluding hydrogens is 194 g/mol. The number of carbonyl (C=O) groups is 1. The van der Waals surface area contributed by atoms with Crippen molar-refractivity contribution in [3.8, 4) is 0 Å². The molecule has 0 saturated carbocycles. The predicted molar refractivity (Wildman–Crippen MR) is 46.9 cm³/mol. The Labute approximate surface area is 77.8 Å². The molecule has 0 aromatic carbocycles. The number of rotatable bonds is 4. The van der Waals surface area contributed by atoms with Crippen molar-refractivity contribution in [2.75, 3.05) is 0 Å². The first-order valence-corrected chi connectivity index (χ1v) is 4.36. The van der Waals surface area contributed by atoms with E-state index in [9.17, 15) is 14.9 Å². The fourth-order valence-electron chi connectivity index (χ4n) is 0.829. The van der Waals surface area contributed by atoms with Gasteiger partial charge < -0.3 is 5.11 Å². The molecule has 0 spiro atoms. The second-order valence-electron chi connectivity index (χ2n) is 2.39. The summed E-state index contributed by atoms with van der Waals surface area (Å²) in [6, 6.07) is 2.98. The Hall–Kier alpha value is -1.43. The maximum Gasteiger partial charge on any atom is 0.324 e. The number of thiophene rings is 1. The molecule has 0 radical (unpaired) electrons. The van der Waals surface area contributed by atoms with Gasteiger partial charge in [-0.05, 0) is 12.5 Å². The smallest absolute Gasteiger partial charge is 0.324 e. The summed E-state index contributed by atoms with van der Waals surface area (Å²) >= 11 is 1.02. The molecule has 0 atom stereocenters. The second kappa shape index (κ2) is 3.99. The molecule has 1 aromatic rings. The summed E-state index contributed by atoms with van der Waals surface area (Å²) in [5.41, 5.74) is 0. The number of carboxylic acid groups (broad SMARTS) is 1. The van der Waals surface area contributed by atoms with Gasteiger partial charge in [0.25, 0.3) is 0 Å². The first-order valence-electron chi connectivity index (χ1n) is 3.54. The molecular formula is C7H7NO4S. The van der Waals surface area contributed by atoms with Crippen molar-refractivity contribution in [1.82, 2.24) is 0 Å². The average molecular weight is 201 g/mol. The lowest BCUT2D eigenvalue weighted by Crippen LogP contribution is -1.95. The molecule has 6 heteroatoms. The molecule has 0 saturated heterocycles. The van der Waals surface area contributed by atoms with Crippen molar-refractivity contribution >= 4 is 22.3 Å². The van der Waals surface area contributed by atoms with E-state index in [0.29, 0.717) is 6.42 Å². The Morgan fingerprint density at radius 3 is 2.77 bits per heavy atom. The Bertz CT molecular complexity index is 333. The monoisotopic (exact) mass is 201 g/mol. The number of hydrogen-bond donors (Lipinski definition) is 1. The van der Waals surface area contributed by atoms with E-state index in [0.717, 1.165) is 16.2 Å². The summed E-state index contributed by atoms with van der Waals surface area (Å²) in [5, 5.41) is 18.7. The third-order valence-corrected chi connectivity index (χ3v) is 2.51. The summed E-state index contributed by atoms with van der Waals surface area (Å²) in [7, 11) is 0. The van der Waals surface area contributed by atoms with E-state index in [1.807, 2.05) is 0 Å². The van der Waals surface area contributed by atoms with Gasteiger partial charge in [-0.3, -0.25) is 14.9 Å². The summed E-state index contributed by atoms with van der Waals surface area (Å²) in [4.78, 5) is 20.7. The normalized spacial score (nSPS) is 9.85. The summed E-state index contributed by atoms with van der Waals surface area (Å²) in [5.74, 6) is -0.893. The quantitative estimate of drug-likeness (QED) is 0.593. The molecule has 0 fully saturated rings. The van der Waals surface area contributed by atoms with Crippen LogP contribution < -0.4 is 0 Å². The highest BCUT2D eigenvalue weighted by Gasteiger charge is 2.10. The third kappa shape index (κ3) is 2.83. The minimum absolute atomic E-state index is 0.0116. The van der Waals surface area contributed by atoms with Gasteiger partial charge in [-0.1, -0.05) is 11.3 Å². The maximum atomic E-state index is 10.3. The van der Waals surface area contributed by atoms with Crippen LogP contribution in [0.4, 0.5) is 5.00 Å². The number of carboxylic acids is 1. The molecule has 70 valence electrons. The van der Waals surface area contributed by atoms with Gasteiger partial charge in [-0.15, -0.1) is 0 Å². The SMILES string of the molecule is O=C(O)CCc1ccc([N+](=O)[O-])s1. The van der Waals surface area contributed by atoms with Gasteiger partial charge in [0, 0.05) is 10.9 Å². The zero-order valence-electron chi connectivity index (χ0n) is 6.60. The molecule has 1 aromatic heterocycles. The zero-order valence-corrected chi connectivity index (χ0v) is 7.41. The van der Waals surface area contributed by atoms with Gasteiger partial charge in [0.2, 0.25) is 0 Å². The molecule has 13 heavy (non-hydrogen) atoms. The van der Waals surface area contributed by atoms with Crippen LogP contribution in [0.5, 0.6) is 0 Å². The van der Waals surface area contributed by atoms with E-state index in [-0.39, 0.29) is 11.4 Å². The minimum atomic E-state index is -0.893. The van der Waals surface area contributed by atoms with Crippen molar-refractivity contribution in [3.05, 3.63) is 27.1 Å². The Morgan fingerprint density at radius 2 is 2.31 bits per heavy atom. The molecule has 0 amide bonds. The van der Waals surface area contributed by atoms with E-state index >= 15 is 0 Å². The molecule has 5 nitrogen and oxygen atoms in total. The molecule has 1 N–H and O–H groups in total. The van der Waals surface area contributed by atoms with Crippen LogP contribution in [0.3, 0.4) is 0 Å². The first kappa shape index (κ1) is 9.66. The molecule has 0 aliphatic heterocycles. The lowest BCUT2D eigenvalue weighted by molar-refractivity contribution is -0.380. The Kier molecular flexibility index (Phi) is 2.97. The standard InChI is InChI=1S/C7H7NO4S/c9-7(10)4-2-5-1-3-6(13-5)8(11)12/h1,3H,2,4H2,(H,9,10). The van der Waals surface area contributed by atoms with Gasteiger partial charge >= 0.3 is 11.0 Å². The van der Waals surface area contributed by atoms with Gasteiger partial charge in [0.1, 0.15) is 0 Å². The van der Waals surface area contributed by atoms with Crippen LogP contribution in [0.25, 0.3) is 0 Å². The molecule has 0 bridgehead atoms. The van der Waals surface area contributed by atoms with Gasteiger partial charge in [0.15, 0.2) is 0 Å². The van der Waals surface area contributed by atoms with E-state index < -0.39 is 10.9 Å². The summed E-state index contributed by atoms with van der Waals surface area (Å²) < 4.78 is 0. The lowest BCUT2D eigenvalue weighted by atomic mass is 10.3. The molecule has 1 heterocycles. The van der Waals surface area contributed by atoms with E-state index in [1.54, 1.807) is 6.07 Å². The van der Waals surface area contributed by atoms with Gasteiger partial charge in [0.05, 0.1) is 11.3 Å². The van der Waals surface area contributed by atoms with Crippen molar-refractivity contribution in [2.45, 2.75) is 12.8 Å². The third-order valence-electron chi connectivity index (χ3n) is 1.41. The highest BCUT2D eigenvalue weighted by molar-refractivity contribution is 7.15. The largest absolute Gasteiger partial charge is 0.481 e. The fraction of sp³-hybridized carbons (Fsp3) is 0.286. The number of nitrogens with zero attached hydrogens (tertiary/aromatic N) is 1. The topological polar surface area (TPSA) is 80.4 Å². The van der Waals surface area contributed by atoms with Crippen LogP contribution in [0, 0.1) is 10.1 Å². The number of aryl methyl sites for hydroxylation is 1. The number of aliphatic carboxylic acids is 1. The second-order valence-corrected chi connectivity index (χ2v) is 3.54. The lowest BCUT2D eigenvalue weighted by Gasteiger charge is -1.89. The number of hydrogen-bond acceptors (Lipinski definition) is 4. The van der Waals surface area contributed by atoms with Crippen LogP contribution >= 0.6 is 11.3 Å². The maximum absolute atomic E-state index is 10.3. The van der Waals surface area contributed by atoms with Gasteiger partial charge in [-0.25, -0.2) is 0 Å². The average Bonchev–Trinajstić information content (AvgIpc) is 2.48. The summed E-state index contributed by atoms with van der Waals surface area (Å²) in [6.07, 6.45) is 0.367. The zero-order chi connectivity index (χ0) is 9.84. The van der Waals surface area contributed by atoms with Crippen LogP contribution in [-0.4, -0.2) is 16.0 Å². The minimum Gasteiger partial charge on any atom is -0.481 e. The van der Waals surface area contributed by atoms with Crippen molar-refractivity contribution in [1.29, 1.82) is 0 Å². The van der Waals surface area contributed by atoms with E-state index in [2.05, 4.69) is 0 Å². The van der Waals surface area contributed by atoms with E-state index in [1.165, 1.54) is 6.07 Å². The molecule has 0 aliphatic rings. The predicted octanol–water partition coefficient (Wildman–Crippen LogP) is 1.67. The van der Waals surface area contributed by atoms with Gasteiger partial charge in [-0.2, -0.15) is 0 Å². The van der Waals surface area contributed by atoms with Crippen molar-refractivity contribution in [2.24, 2.45) is 0 Å². The highest BCUT2D eigenvalue weighted by Crippen LogP contribution is 2.24. The van der Waals surface area contributed by atoms with Crippen molar-refractivity contribution < 1.29 is 14.8 Å². The van der Waals surface area contributed by atoms with Crippen LogP contribution in [-0.2, 0) is 11.2 Å². The highest BCUT2D eigenvalue weighted by atomic mass is 32.1. The van der Waals surface area contributed by atoms with Crippen LogP contribution in [0.2, 0.25) is 0 Å². The molecule has 0 aliphatic carbocycles. The van der Waals surface area contributed by atoms with Crippen molar-refractivity contribution in [3.63, 3.8) is 0 Å². The van der Waals surface area contributed by atoms with Crippen LogP contribution in [0.1, 0.15) is 11.3 Å². The fourth-order valence-corrected chi connectivity index (χ4v) is 1.65. The molecule has 1 rings (SSSR count). The Morgan fingerprint density at radius 1 is 1.62 bits per heavy atom. The Balaban J connectivity index is 2.59. The summed E-state index contributed by atoms with van der Waals surface area (Å²) in [6.45, 7) is 0. The number of nitro groups is 1. The molecule has 0 unspecified atom stereocenters. The van der Waals surface area contributed by atoms with Crippen LogP contribution in [0.15, 0.2) is 12.1 Å². The first-order chi connectivity index (χ1) is 6.09.